The molecule has 2 aromatic carbocycles. The summed E-state index contributed by atoms with van der Waals surface area (Å²) < 4.78 is 32.1. The average Bonchev–Trinajstić information content (AvgIpc) is 2.63. The van der Waals surface area contributed by atoms with Crippen molar-refractivity contribution in [3.8, 4) is 5.75 Å². The molecule has 1 aliphatic rings. The van der Waals surface area contributed by atoms with Crippen LogP contribution in [0.3, 0.4) is 0 Å². The highest BCUT2D eigenvalue weighted by Gasteiger charge is 2.33. The molecular weight excluding hydrogens is 340 g/mol. The number of nitrogens with zero attached hydrogens (tertiary/aromatic N) is 1. The van der Waals surface area contributed by atoms with Gasteiger partial charge in [0.15, 0.2) is 0 Å². The third kappa shape index (κ3) is 4.79. The molecule has 1 heterocycles. The van der Waals surface area contributed by atoms with Gasteiger partial charge < -0.3 is 9.84 Å². The van der Waals surface area contributed by atoms with Gasteiger partial charge in [-0.1, -0.05) is 36.4 Å². The Kier molecular flexibility index (Phi) is 5.52. The molecule has 0 aliphatic carbocycles. The normalized spacial score (nSPS) is 17.0. The molecule has 1 fully saturated rings. The van der Waals surface area contributed by atoms with E-state index >= 15 is 0 Å². The van der Waals surface area contributed by atoms with Crippen LogP contribution in [0.25, 0.3) is 0 Å². The summed E-state index contributed by atoms with van der Waals surface area (Å²) in [5.41, 5.74) is 1.81. The first kappa shape index (κ1) is 18.3. The van der Waals surface area contributed by atoms with E-state index in [1.54, 1.807) is 18.2 Å². The van der Waals surface area contributed by atoms with Crippen LogP contribution in [0.5, 0.6) is 5.75 Å². The van der Waals surface area contributed by atoms with Gasteiger partial charge in [0, 0.05) is 32.5 Å². The summed E-state index contributed by atoms with van der Waals surface area (Å²) in [4.78, 5) is 13.5. The molecule has 1 N–H and O–H groups in total. The lowest BCUT2D eigenvalue weighted by Gasteiger charge is -2.31. The third-order valence-electron chi connectivity index (χ3n) is 4.51. The number of aromatic carboxylic acids is 1. The zero-order valence-electron chi connectivity index (χ0n) is 14.3. The van der Waals surface area contributed by atoms with Crippen LogP contribution in [0, 0.1) is 0 Å². The molecule has 4 nitrogen and oxygen atoms in total. The highest BCUT2D eigenvalue weighted by molar-refractivity contribution is 5.91. The van der Waals surface area contributed by atoms with E-state index in [4.69, 9.17) is 4.74 Å². The molecule has 3 rings (SSSR count). The fourth-order valence-electron chi connectivity index (χ4n) is 3.00. The average molecular weight is 361 g/mol. The minimum absolute atomic E-state index is 0.0840. The van der Waals surface area contributed by atoms with Gasteiger partial charge in [-0.15, -0.1) is 0 Å². The molecule has 0 radical (unpaired) electrons. The fraction of sp³-hybridized carbons (Fsp3) is 0.350. The summed E-state index contributed by atoms with van der Waals surface area (Å²) in [6.07, 6.45) is -0.311. The Morgan fingerprint density at radius 1 is 1.08 bits per heavy atom. The van der Waals surface area contributed by atoms with Crippen LogP contribution < -0.4 is 4.74 Å². The molecule has 0 spiro atoms. The van der Waals surface area contributed by atoms with Gasteiger partial charge in [-0.3, -0.25) is 4.90 Å². The number of carboxylic acid groups (broad SMARTS) is 1. The zero-order valence-corrected chi connectivity index (χ0v) is 14.3. The van der Waals surface area contributed by atoms with Gasteiger partial charge in [-0.05, 0) is 23.3 Å². The van der Waals surface area contributed by atoms with Crippen molar-refractivity contribution in [2.75, 3.05) is 13.1 Å². The van der Waals surface area contributed by atoms with Crippen molar-refractivity contribution in [2.45, 2.75) is 31.9 Å². The molecule has 0 bridgehead atoms. The van der Waals surface area contributed by atoms with Crippen molar-refractivity contribution in [1.29, 1.82) is 0 Å². The second-order valence-corrected chi connectivity index (χ2v) is 6.54. The van der Waals surface area contributed by atoms with Crippen molar-refractivity contribution in [2.24, 2.45) is 0 Å². The molecule has 138 valence electrons. The maximum atomic E-state index is 13.2. The van der Waals surface area contributed by atoms with E-state index in [0.717, 1.165) is 11.1 Å². The minimum Gasteiger partial charge on any atom is -0.488 e. The van der Waals surface area contributed by atoms with Gasteiger partial charge >= 0.3 is 5.97 Å². The van der Waals surface area contributed by atoms with Gasteiger partial charge in [0.25, 0.3) is 5.92 Å². The first-order valence-electron chi connectivity index (χ1n) is 8.56. The number of rotatable bonds is 6. The van der Waals surface area contributed by atoms with Gasteiger partial charge in [-0.2, -0.15) is 0 Å². The molecule has 2 aromatic rings. The van der Waals surface area contributed by atoms with Crippen molar-refractivity contribution >= 4 is 5.97 Å². The summed E-state index contributed by atoms with van der Waals surface area (Å²) in [5.74, 6) is -3.35. The number of carboxylic acids is 1. The largest absolute Gasteiger partial charge is 0.488 e. The Bertz CT molecular complexity index is 755. The Hall–Kier alpha value is -2.47. The van der Waals surface area contributed by atoms with Crippen LogP contribution in [0.2, 0.25) is 0 Å². The number of ether oxygens (including phenoxy) is 1. The summed E-state index contributed by atoms with van der Waals surface area (Å²) in [6.45, 7) is 1.35. The van der Waals surface area contributed by atoms with E-state index < -0.39 is 11.9 Å². The molecule has 0 unspecified atom stereocenters. The second-order valence-electron chi connectivity index (χ2n) is 6.54. The maximum absolute atomic E-state index is 13.2. The summed E-state index contributed by atoms with van der Waals surface area (Å²) in [5, 5.41) is 9.47. The Morgan fingerprint density at radius 2 is 1.77 bits per heavy atom. The lowest BCUT2D eigenvalue weighted by molar-refractivity contribution is -0.0566. The van der Waals surface area contributed by atoms with Crippen LogP contribution in [0.4, 0.5) is 8.78 Å². The Labute approximate surface area is 151 Å². The number of benzene rings is 2. The molecule has 26 heavy (non-hydrogen) atoms. The van der Waals surface area contributed by atoms with Crippen molar-refractivity contribution in [3.05, 3.63) is 65.2 Å². The quantitative estimate of drug-likeness (QED) is 0.838. The van der Waals surface area contributed by atoms with Crippen LogP contribution in [0.15, 0.2) is 48.5 Å². The summed E-state index contributed by atoms with van der Waals surface area (Å²) in [6, 6.07) is 14.5. The predicted octanol–water partition coefficient (Wildman–Crippen LogP) is 4.19. The lowest BCUT2D eigenvalue weighted by Crippen LogP contribution is -2.38. The van der Waals surface area contributed by atoms with E-state index in [9.17, 15) is 18.7 Å². The summed E-state index contributed by atoms with van der Waals surface area (Å²) in [7, 11) is 0. The van der Waals surface area contributed by atoms with Gasteiger partial charge in [0.2, 0.25) is 0 Å². The van der Waals surface area contributed by atoms with Gasteiger partial charge in [0.1, 0.15) is 17.9 Å². The van der Waals surface area contributed by atoms with E-state index in [-0.39, 0.29) is 25.0 Å². The molecule has 6 heteroatoms. The van der Waals surface area contributed by atoms with Crippen LogP contribution in [0.1, 0.15) is 34.3 Å². The number of hydrogen-bond donors (Lipinski definition) is 1. The van der Waals surface area contributed by atoms with Crippen molar-refractivity contribution in [3.63, 3.8) is 0 Å². The number of carbonyl (C=O) groups is 1. The smallest absolute Gasteiger partial charge is 0.339 e. The first-order valence-corrected chi connectivity index (χ1v) is 8.56. The molecule has 1 saturated heterocycles. The predicted molar refractivity (Wildman–Crippen MR) is 93.6 cm³/mol. The Morgan fingerprint density at radius 3 is 2.42 bits per heavy atom. The van der Waals surface area contributed by atoms with Gasteiger partial charge in [-0.25, -0.2) is 13.6 Å². The van der Waals surface area contributed by atoms with Crippen LogP contribution >= 0.6 is 0 Å². The molecule has 1 aliphatic heterocycles. The lowest BCUT2D eigenvalue weighted by atomic mass is 10.0. The van der Waals surface area contributed by atoms with Crippen LogP contribution in [-0.2, 0) is 13.2 Å². The SMILES string of the molecule is O=C(O)c1cc(CN2CCC(F)(F)CC2)ccc1OCc1ccccc1. The highest BCUT2D eigenvalue weighted by atomic mass is 19.3. The highest BCUT2D eigenvalue weighted by Crippen LogP contribution is 2.29. The Balaban J connectivity index is 1.67. The van der Waals surface area contributed by atoms with E-state index in [0.29, 0.717) is 25.4 Å². The van der Waals surface area contributed by atoms with E-state index in [2.05, 4.69) is 0 Å². The van der Waals surface area contributed by atoms with Gasteiger partial charge in [0.05, 0.1) is 0 Å². The van der Waals surface area contributed by atoms with Crippen LogP contribution in [-0.4, -0.2) is 35.0 Å². The van der Waals surface area contributed by atoms with Crippen molar-refractivity contribution in [1.82, 2.24) is 4.90 Å². The molecule has 0 amide bonds. The number of alkyl halides is 2. The maximum Gasteiger partial charge on any atom is 0.339 e. The number of likely N-dealkylation sites (tertiary alicyclic amines) is 1. The standard InChI is InChI=1S/C20H21F2NO3/c21-20(22)8-10-23(11-9-20)13-16-6-7-18(17(12-16)19(24)25)26-14-15-4-2-1-3-5-15/h1-7,12H,8-11,13-14H2,(H,24,25). The minimum atomic E-state index is -2.59. The summed E-state index contributed by atoms with van der Waals surface area (Å²) >= 11 is 0. The number of halogens is 2. The fourth-order valence-corrected chi connectivity index (χ4v) is 3.00. The molecule has 0 atom stereocenters. The zero-order chi connectivity index (χ0) is 18.6. The molecule has 0 aromatic heterocycles. The third-order valence-corrected chi connectivity index (χ3v) is 4.51. The van der Waals surface area contributed by atoms with E-state index in [1.165, 1.54) is 0 Å². The van der Waals surface area contributed by atoms with E-state index in [1.807, 2.05) is 35.2 Å². The number of piperidine rings is 1. The van der Waals surface area contributed by atoms with Crippen molar-refractivity contribution < 1.29 is 23.4 Å². The monoisotopic (exact) mass is 361 g/mol. The molecule has 0 saturated carbocycles. The first-order chi connectivity index (χ1) is 12.4. The topological polar surface area (TPSA) is 49.8 Å². The number of hydrogen-bond acceptors (Lipinski definition) is 3. The molecular formula is C20H21F2NO3. The second kappa shape index (κ2) is 7.83.